The monoisotopic (exact) mass is 288 g/mol. The smallest absolute Gasteiger partial charge is 0.271 e. The minimum absolute atomic E-state index is 0.300. The number of carbonyl (C=O) groups excluding carboxylic acids is 1. The first-order valence-electron chi connectivity index (χ1n) is 5.53. The fourth-order valence-electron chi connectivity index (χ4n) is 1.23. The van der Waals surface area contributed by atoms with E-state index in [2.05, 4.69) is 10.5 Å². The number of hydrogen-bond acceptors (Lipinski definition) is 3. The summed E-state index contributed by atoms with van der Waals surface area (Å²) in [6.07, 6.45) is 2.33. The van der Waals surface area contributed by atoms with Crippen LogP contribution in [-0.4, -0.2) is 18.7 Å². The molecule has 1 N–H and O–H groups in total. The van der Waals surface area contributed by atoms with E-state index in [4.69, 9.17) is 27.9 Å². The number of carbonyl (C=O) groups is 1. The fourth-order valence-corrected chi connectivity index (χ4v) is 1.83. The molecule has 0 aliphatic heterocycles. The minimum Gasteiger partial charge on any atom is -0.491 e. The van der Waals surface area contributed by atoms with E-state index in [1.807, 2.05) is 13.8 Å². The number of nitrogens with one attached hydrogen (secondary N) is 1. The van der Waals surface area contributed by atoms with E-state index in [0.29, 0.717) is 28.0 Å². The van der Waals surface area contributed by atoms with Crippen molar-refractivity contribution in [3.63, 3.8) is 0 Å². The van der Waals surface area contributed by atoms with Gasteiger partial charge in [0.2, 0.25) is 0 Å². The van der Waals surface area contributed by atoms with E-state index in [1.54, 1.807) is 6.21 Å². The molecule has 0 radical (unpaired) electrons. The van der Waals surface area contributed by atoms with Crippen LogP contribution in [0.25, 0.3) is 0 Å². The number of nitrogens with zero attached hydrogens (tertiary/aromatic N) is 1. The quantitative estimate of drug-likeness (QED) is 0.666. The molecule has 0 saturated carbocycles. The normalized spacial score (nSPS) is 10.7. The Balaban J connectivity index is 2.91. The molecule has 6 heteroatoms. The van der Waals surface area contributed by atoms with Gasteiger partial charge in [0, 0.05) is 11.8 Å². The predicted octanol–water partition coefficient (Wildman–Crippen LogP) is 3.52. The van der Waals surface area contributed by atoms with Crippen LogP contribution in [0.2, 0.25) is 10.0 Å². The molecule has 18 heavy (non-hydrogen) atoms. The summed E-state index contributed by atoms with van der Waals surface area (Å²) in [4.78, 5) is 11.7. The molecule has 0 saturated heterocycles. The lowest BCUT2D eigenvalue weighted by Crippen LogP contribution is -2.17. The number of amides is 1. The molecule has 1 aromatic carbocycles. The molecule has 1 rings (SSSR count). The average molecular weight is 289 g/mol. The van der Waals surface area contributed by atoms with Crippen LogP contribution in [0.5, 0.6) is 5.75 Å². The van der Waals surface area contributed by atoms with Crippen LogP contribution in [0, 0.1) is 0 Å². The standard InChI is InChI=1S/C12H14Cl2N2O2/c1-3-5-15-16-12(17)8-6-9(13)11(18-4-2)10(14)7-8/h5-7H,3-4H2,1-2H3,(H,16,17)/b15-5+. The molecule has 0 spiro atoms. The van der Waals surface area contributed by atoms with E-state index in [0.717, 1.165) is 6.42 Å². The van der Waals surface area contributed by atoms with Gasteiger partial charge in [0.1, 0.15) is 0 Å². The molecule has 4 nitrogen and oxygen atoms in total. The first kappa shape index (κ1) is 14.8. The van der Waals surface area contributed by atoms with Crippen LogP contribution >= 0.6 is 23.2 Å². The Hall–Kier alpha value is -1.26. The molecule has 0 unspecified atom stereocenters. The van der Waals surface area contributed by atoms with Gasteiger partial charge in [-0.15, -0.1) is 0 Å². The number of ether oxygens (including phenoxy) is 1. The van der Waals surface area contributed by atoms with Gasteiger partial charge in [-0.3, -0.25) is 4.79 Å². The zero-order valence-corrected chi connectivity index (χ0v) is 11.7. The van der Waals surface area contributed by atoms with Crippen molar-refractivity contribution in [1.82, 2.24) is 5.43 Å². The highest BCUT2D eigenvalue weighted by Gasteiger charge is 2.13. The van der Waals surface area contributed by atoms with Gasteiger partial charge in [0.15, 0.2) is 5.75 Å². The molecular formula is C12H14Cl2N2O2. The van der Waals surface area contributed by atoms with Gasteiger partial charge in [-0.25, -0.2) is 5.43 Å². The van der Waals surface area contributed by atoms with Gasteiger partial charge in [0.25, 0.3) is 5.91 Å². The molecule has 0 atom stereocenters. The molecule has 0 aromatic heterocycles. The molecule has 0 aliphatic carbocycles. The van der Waals surface area contributed by atoms with Crippen LogP contribution in [-0.2, 0) is 0 Å². The van der Waals surface area contributed by atoms with Crippen LogP contribution in [0.4, 0.5) is 0 Å². The molecule has 98 valence electrons. The van der Waals surface area contributed by atoms with Gasteiger partial charge >= 0.3 is 0 Å². The van der Waals surface area contributed by atoms with Gasteiger partial charge in [-0.05, 0) is 25.5 Å². The van der Waals surface area contributed by atoms with Gasteiger partial charge in [-0.2, -0.15) is 5.10 Å². The summed E-state index contributed by atoms with van der Waals surface area (Å²) >= 11 is 12.0. The third kappa shape index (κ3) is 3.89. The Morgan fingerprint density at radius 2 is 2.00 bits per heavy atom. The summed E-state index contributed by atoms with van der Waals surface area (Å²) < 4.78 is 5.28. The molecule has 0 heterocycles. The van der Waals surface area contributed by atoms with E-state index in [9.17, 15) is 4.79 Å². The number of benzene rings is 1. The summed E-state index contributed by atoms with van der Waals surface area (Å²) in [5.41, 5.74) is 2.71. The van der Waals surface area contributed by atoms with Crippen molar-refractivity contribution >= 4 is 35.3 Å². The second-order valence-electron chi connectivity index (χ2n) is 3.36. The summed E-state index contributed by atoms with van der Waals surface area (Å²) in [6, 6.07) is 2.99. The minimum atomic E-state index is -0.369. The van der Waals surface area contributed by atoms with Gasteiger partial charge in [-0.1, -0.05) is 30.1 Å². The Morgan fingerprint density at radius 1 is 1.39 bits per heavy atom. The third-order valence-electron chi connectivity index (χ3n) is 1.99. The lowest BCUT2D eigenvalue weighted by molar-refractivity contribution is 0.0955. The highest BCUT2D eigenvalue weighted by Crippen LogP contribution is 2.34. The van der Waals surface area contributed by atoms with Gasteiger partial charge in [0.05, 0.1) is 16.7 Å². The zero-order valence-electron chi connectivity index (χ0n) is 10.2. The molecule has 0 aliphatic rings. The second kappa shape index (κ2) is 7.24. The molecule has 1 amide bonds. The maximum atomic E-state index is 11.7. The van der Waals surface area contributed by atoms with E-state index in [1.165, 1.54) is 12.1 Å². The topological polar surface area (TPSA) is 50.7 Å². The molecular weight excluding hydrogens is 275 g/mol. The summed E-state index contributed by atoms with van der Waals surface area (Å²) in [7, 11) is 0. The van der Waals surface area contributed by atoms with E-state index in [-0.39, 0.29) is 5.91 Å². The van der Waals surface area contributed by atoms with E-state index < -0.39 is 0 Å². The average Bonchev–Trinajstić information content (AvgIpc) is 2.33. The van der Waals surface area contributed by atoms with Crippen LogP contribution in [0.3, 0.4) is 0 Å². The molecule has 0 bridgehead atoms. The van der Waals surface area contributed by atoms with E-state index >= 15 is 0 Å². The van der Waals surface area contributed by atoms with Crippen molar-refractivity contribution in [2.45, 2.75) is 20.3 Å². The van der Waals surface area contributed by atoms with Crippen molar-refractivity contribution in [2.24, 2.45) is 5.10 Å². The Labute approximate surface area is 116 Å². The van der Waals surface area contributed by atoms with Crippen molar-refractivity contribution in [3.8, 4) is 5.75 Å². The van der Waals surface area contributed by atoms with Gasteiger partial charge < -0.3 is 4.74 Å². The summed E-state index contributed by atoms with van der Waals surface area (Å²) in [6.45, 7) is 4.19. The Morgan fingerprint density at radius 3 is 2.50 bits per heavy atom. The highest BCUT2D eigenvalue weighted by atomic mass is 35.5. The fraction of sp³-hybridized carbons (Fsp3) is 0.333. The first-order chi connectivity index (χ1) is 8.60. The number of hydrazone groups is 1. The number of hydrogen-bond donors (Lipinski definition) is 1. The maximum Gasteiger partial charge on any atom is 0.271 e. The van der Waals surface area contributed by atoms with Crippen molar-refractivity contribution < 1.29 is 9.53 Å². The van der Waals surface area contributed by atoms with Crippen LogP contribution in [0.1, 0.15) is 30.6 Å². The summed E-state index contributed by atoms with van der Waals surface area (Å²) in [5, 5.41) is 4.34. The molecule has 1 aromatic rings. The van der Waals surface area contributed by atoms with Crippen molar-refractivity contribution in [2.75, 3.05) is 6.61 Å². The largest absolute Gasteiger partial charge is 0.491 e. The van der Waals surface area contributed by atoms with Crippen molar-refractivity contribution in [1.29, 1.82) is 0 Å². The SMILES string of the molecule is CC/C=N/NC(=O)c1cc(Cl)c(OCC)c(Cl)c1. The zero-order chi connectivity index (χ0) is 13.5. The number of rotatable bonds is 5. The predicted molar refractivity (Wildman–Crippen MR) is 73.9 cm³/mol. The lowest BCUT2D eigenvalue weighted by Gasteiger charge is -2.09. The Bertz CT molecular complexity index is 438. The first-order valence-corrected chi connectivity index (χ1v) is 6.29. The third-order valence-corrected chi connectivity index (χ3v) is 2.55. The summed E-state index contributed by atoms with van der Waals surface area (Å²) in [5.74, 6) is 0.0148. The van der Waals surface area contributed by atoms with Crippen LogP contribution in [0.15, 0.2) is 17.2 Å². The van der Waals surface area contributed by atoms with Crippen molar-refractivity contribution in [3.05, 3.63) is 27.7 Å². The second-order valence-corrected chi connectivity index (χ2v) is 4.18. The Kier molecular flexibility index (Phi) is 5.95. The number of halogens is 2. The molecule has 0 fully saturated rings. The van der Waals surface area contributed by atoms with Crippen LogP contribution < -0.4 is 10.2 Å². The highest BCUT2D eigenvalue weighted by molar-refractivity contribution is 6.37. The maximum absolute atomic E-state index is 11.7. The lowest BCUT2D eigenvalue weighted by atomic mass is 10.2.